The van der Waals surface area contributed by atoms with E-state index in [1.54, 1.807) is 12.1 Å². The molecule has 2 saturated heterocycles. The summed E-state index contributed by atoms with van der Waals surface area (Å²) >= 11 is 0. The Morgan fingerprint density at radius 2 is 1.85 bits per heavy atom. The van der Waals surface area contributed by atoms with Gasteiger partial charge in [-0.25, -0.2) is 4.39 Å². The van der Waals surface area contributed by atoms with Crippen LogP contribution >= 0.6 is 0 Å². The molecule has 3 fully saturated rings. The van der Waals surface area contributed by atoms with E-state index in [2.05, 4.69) is 0 Å². The van der Waals surface area contributed by atoms with Crippen molar-refractivity contribution in [1.29, 1.82) is 0 Å². The molecule has 6 atom stereocenters. The lowest BCUT2D eigenvalue weighted by Crippen LogP contribution is -2.55. The number of hydrogen-bond acceptors (Lipinski definition) is 7. The van der Waals surface area contributed by atoms with Crippen LogP contribution in [0.3, 0.4) is 0 Å². The summed E-state index contributed by atoms with van der Waals surface area (Å²) in [4.78, 5) is 39.0. The van der Waals surface area contributed by atoms with Crippen LogP contribution in [0.25, 0.3) is 0 Å². The lowest BCUT2D eigenvalue weighted by atomic mass is 9.64. The Bertz CT molecular complexity index is 1240. The Morgan fingerprint density at radius 3 is 2.56 bits per heavy atom. The largest absolute Gasteiger partial charge is 0.505 e. The normalized spacial score (nSPS) is 29.8. The lowest BCUT2D eigenvalue weighted by Gasteiger charge is -2.44. The maximum absolute atomic E-state index is 14.2. The van der Waals surface area contributed by atoms with Gasteiger partial charge in [0.25, 0.3) is 0 Å². The number of unbranched alkanes of at least 4 members (excludes halogenated alkanes) is 2. The molecular formula is C29H32FNO8. The van der Waals surface area contributed by atoms with Gasteiger partial charge in [0.2, 0.25) is 11.8 Å². The number of hydrogen-bond donors (Lipinski definition) is 3. The summed E-state index contributed by atoms with van der Waals surface area (Å²) in [6.45, 7) is 0.238. The number of nitrogens with zero attached hydrogens (tertiary/aromatic N) is 1. The minimum Gasteiger partial charge on any atom is -0.505 e. The lowest BCUT2D eigenvalue weighted by molar-refractivity contribution is -0.272. The smallest absolute Gasteiger partial charge is 0.303 e. The van der Waals surface area contributed by atoms with Crippen LogP contribution in [0, 0.1) is 29.5 Å². The van der Waals surface area contributed by atoms with Gasteiger partial charge in [-0.3, -0.25) is 19.3 Å². The number of aliphatic carboxylic acids is 1. The summed E-state index contributed by atoms with van der Waals surface area (Å²) in [5.41, 5.74) is 0.416. The molecule has 2 aliphatic heterocycles. The minimum absolute atomic E-state index is 0.0297. The van der Waals surface area contributed by atoms with Crippen molar-refractivity contribution >= 4 is 17.8 Å². The van der Waals surface area contributed by atoms with E-state index in [1.165, 1.54) is 17.0 Å². The molecule has 0 radical (unpaired) electrons. The molecule has 1 saturated carbocycles. The van der Waals surface area contributed by atoms with E-state index in [0.29, 0.717) is 30.6 Å². The number of para-hydroxylation sites is 1. The number of imide groups is 1. The van der Waals surface area contributed by atoms with Crippen molar-refractivity contribution in [2.75, 3.05) is 13.2 Å². The first-order chi connectivity index (χ1) is 18.7. The molecule has 10 heteroatoms. The van der Waals surface area contributed by atoms with Crippen molar-refractivity contribution in [3.05, 3.63) is 59.9 Å². The first kappa shape index (κ1) is 27.1. The fraction of sp³-hybridized carbons (Fsp3) is 0.483. The predicted octanol–water partition coefficient (Wildman–Crippen LogP) is 3.64. The first-order valence-electron chi connectivity index (χ1n) is 13.3. The Hall–Kier alpha value is -3.50. The number of carboxylic acids is 1. The van der Waals surface area contributed by atoms with Crippen molar-refractivity contribution in [3.63, 3.8) is 0 Å². The summed E-state index contributed by atoms with van der Waals surface area (Å²) in [6, 6.07) is 12.9. The van der Waals surface area contributed by atoms with Gasteiger partial charge in [-0.05, 0) is 55.5 Å². The molecule has 9 nitrogen and oxygen atoms in total. The number of carbonyl (C=O) groups excluding carboxylic acids is 2. The number of aromatic hydroxyl groups is 1. The monoisotopic (exact) mass is 541 g/mol. The summed E-state index contributed by atoms with van der Waals surface area (Å²) in [7, 11) is 0. The van der Waals surface area contributed by atoms with Gasteiger partial charge in [0.15, 0.2) is 17.4 Å². The Balaban J connectivity index is 1.39. The van der Waals surface area contributed by atoms with Crippen molar-refractivity contribution in [1.82, 2.24) is 4.90 Å². The van der Waals surface area contributed by atoms with Crippen molar-refractivity contribution in [2.45, 2.75) is 50.4 Å². The number of aliphatic hydroxyl groups is 1. The van der Waals surface area contributed by atoms with Gasteiger partial charge in [0, 0.05) is 24.8 Å². The molecule has 2 heterocycles. The highest BCUT2D eigenvalue weighted by molar-refractivity contribution is 6.05. The number of carboxylic acid groups (broad SMARTS) is 1. The summed E-state index contributed by atoms with van der Waals surface area (Å²) in [5, 5.41) is 30.4. The van der Waals surface area contributed by atoms with Crippen LogP contribution in [0.5, 0.6) is 11.5 Å². The number of halogens is 1. The maximum atomic E-state index is 14.2. The van der Waals surface area contributed by atoms with Crippen LogP contribution in [0.2, 0.25) is 0 Å². The van der Waals surface area contributed by atoms with Crippen LogP contribution in [-0.4, -0.2) is 56.9 Å². The third kappa shape index (κ3) is 5.23. The van der Waals surface area contributed by atoms with E-state index >= 15 is 0 Å². The second-order valence-corrected chi connectivity index (χ2v) is 10.6. The van der Waals surface area contributed by atoms with Crippen molar-refractivity contribution < 1.29 is 43.6 Å². The van der Waals surface area contributed by atoms with Crippen molar-refractivity contribution in [2.24, 2.45) is 23.7 Å². The number of carbonyl (C=O) groups is 3. The second kappa shape index (κ2) is 10.9. The van der Waals surface area contributed by atoms with Crippen LogP contribution in [-0.2, 0) is 19.1 Å². The molecular weight excluding hydrogens is 509 g/mol. The average molecular weight is 542 g/mol. The van der Waals surface area contributed by atoms with E-state index in [-0.39, 0.29) is 44.2 Å². The molecule has 2 aromatic rings. The molecule has 3 N–H and O–H groups in total. The quantitative estimate of drug-likeness (QED) is 0.307. The van der Waals surface area contributed by atoms with Crippen molar-refractivity contribution in [3.8, 4) is 11.5 Å². The number of rotatable bonds is 10. The molecule has 2 amide bonds. The number of phenols is 1. The van der Waals surface area contributed by atoms with Gasteiger partial charge in [0.05, 0.1) is 24.5 Å². The second-order valence-electron chi connectivity index (χ2n) is 10.6. The summed E-state index contributed by atoms with van der Waals surface area (Å²) in [5.74, 6) is -6.87. The SMILES string of the molecule is O=C(O)CCCCCN1C(=O)[C@H]2[C@H](C[C@H](COc3ccccc3)[C@@]3(O)O[C@H](c4ccc(O)c(F)c4)C[C@@H]23)C1=O. The summed E-state index contributed by atoms with van der Waals surface area (Å²) < 4.78 is 26.3. The van der Waals surface area contributed by atoms with Gasteiger partial charge in [0.1, 0.15) is 5.75 Å². The zero-order valence-corrected chi connectivity index (χ0v) is 21.4. The van der Waals surface area contributed by atoms with Crippen LogP contribution < -0.4 is 4.74 Å². The highest BCUT2D eigenvalue weighted by atomic mass is 19.1. The van der Waals surface area contributed by atoms with Crippen LogP contribution in [0.15, 0.2) is 48.5 Å². The highest BCUT2D eigenvalue weighted by Gasteiger charge is 2.66. The van der Waals surface area contributed by atoms with E-state index in [0.717, 1.165) is 6.07 Å². The van der Waals surface area contributed by atoms with Gasteiger partial charge >= 0.3 is 5.97 Å². The van der Waals surface area contributed by atoms with Crippen LogP contribution in [0.1, 0.15) is 50.2 Å². The Labute approximate surface area is 225 Å². The number of amides is 2. The molecule has 0 aromatic heterocycles. The standard InChI is InChI=1S/C29H32FNO8/c30-22-13-17(10-11-23(22)32)24-15-21-26-20(27(35)31(28(26)36)12-6-2-5-9-25(33)34)14-18(29(21,37)39-24)16-38-19-7-3-1-4-8-19/h1,3-4,7-8,10-11,13,18,20-21,24,26,32,37H,2,5-6,9,12,14-16H2,(H,33,34)/t18-,20+,21+,24+,26+,29-/m1/s1. The van der Waals surface area contributed by atoms with Gasteiger partial charge < -0.3 is 24.8 Å². The van der Waals surface area contributed by atoms with Gasteiger partial charge in [-0.1, -0.05) is 30.7 Å². The zero-order valence-electron chi connectivity index (χ0n) is 21.4. The third-order valence-corrected chi connectivity index (χ3v) is 8.27. The Kier molecular flexibility index (Phi) is 7.59. The van der Waals surface area contributed by atoms with Crippen LogP contribution in [0.4, 0.5) is 4.39 Å². The number of phenolic OH excluding ortho intramolecular Hbond substituents is 1. The molecule has 208 valence electrons. The van der Waals surface area contributed by atoms with E-state index in [4.69, 9.17) is 14.6 Å². The van der Waals surface area contributed by atoms with Gasteiger partial charge in [-0.15, -0.1) is 0 Å². The summed E-state index contributed by atoms with van der Waals surface area (Å²) in [6.07, 6.45) is 1.17. The molecule has 39 heavy (non-hydrogen) atoms. The fourth-order valence-electron chi connectivity index (χ4n) is 6.33. The molecule has 0 unspecified atom stereocenters. The third-order valence-electron chi connectivity index (χ3n) is 8.27. The Morgan fingerprint density at radius 1 is 1.08 bits per heavy atom. The highest BCUT2D eigenvalue weighted by Crippen LogP contribution is 2.58. The minimum atomic E-state index is -1.79. The number of benzene rings is 2. The molecule has 1 aliphatic carbocycles. The molecule has 0 bridgehead atoms. The zero-order chi connectivity index (χ0) is 27.7. The maximum Gasteiger partial charge on any atom is 0.303 e. The van der Waals surface area contributed by atoms with E-state index in [1.807, 2.05) is 18.2 Å². The topological polar surface area (TPSA) is 134 Å². The molecule has 0 spiro atoms. The number of likely N-dealkylation sites (tertiary alicyclic amines) is 1. The number of ether oxygens (including phenoxy) is 2. The fourth-order valence-corrected chi connectivity index (χ4v) is 6.33. The molecule has 5 rings (SSSR count). The average Bonchev–Trinajstić information content (AvgIpc) is 3.38. The predicted molar refractivity (Wildman–Crippen MR) is 135 cm³/mol. The molecule has 3 aliphatic rings. The van der Waals surface area contributed by atoms with E-state index in [9.17, 15) is 29.0 Å². The first-order valence-corrected chi connectivity index (χ1v) is 13.3. The molecule has 2 aromatic carbocycles. The van der Waals surface area contributed by atoms with E-state index < -0.39 is 53.1 Å². The van der Waals surface area contributed by atoms with Gasteiger partial charge in [-0.2, -0.15) is 0 Å². The number of fused-ring (bicyclic) bond motifs is 3.